The number of piperidine rings is 1. The fourth-order valence-corrected chi connectivity index (χ4v) is 4.43. The van der Waals surface area contributed by atoms with E-state index in [-0.39, 0.29) is 10.6 Å². The lowest BCUT2D eigenvalue weighted by Gasteiger charge is -2.34. The number of rotatable bonds is 6. The van der Waals surface area contributed by atoms with Crippen molar-refractivity contribution in [1.82, 2.24) is 5.32 Å². The molecule has 6 heteroatoms. The second kappa shape index (κ2) is 8.18. The maximum absolute atomic E-state index is 12.9. The Kier molecular flexibility index (Phi) is 5.94. The van der Waals surface area contributed by atoms with E-state index in [9.17, 15) is 12.8 Å². The van der Waals surface area contributed by atoms with Crippen molar-refractivity contribution in [1.29, 1.82) is 0 Å². The summed E-state index contributed by atoms with van der Waals surface area (Å²) < 4.78 is 37.5. The van der Waals surface area contributed by atoms with Crippen LogP contribution in [0.25, 0.3) is 0 Å². The summed E-state index contributed by atoms with van der Waals surface area (Å²) >= 11 is 0. The van der Waals surface area contributed by atoms with Crippen LogP contribution in [-0.2, 0) is 9.84 Å². The van der Waals surface area contributed by atoms with Crippen LogP contribution in [0.3, 0.4) is 0 Å². The maximum Gasteiger partial charge on any atom is 0.179 e. The van der Waals surface area contributed by atoms with E-state index in [1.165, 1.54) is 35.5 Å². The summed E-state index contributed by atoms with van der Waals surface area (Å²) in [6.07, 6.45) is 1.98. The highest BCUT2D eigenvalue weighted by molar-refractivity contribution is 7.91. The SMILES string of the molecule is Cc1ccc(N2CCC(NCCS(=O)(=O)c3ccc(F)cc3)CC2)cc1. The monoisotopic (exact) mass is 376 g/mol. The molecule has 0 aliphatic carbocycles. The Labute approximate surface area is 155 Å². The zero-order chi connectivity index (χ0) is 18.6. The summed E-state index contributed by atoms with van der Waals surface area (Å²) in [5.41, 5.74) is 2.50. The predicted molar refractivity (Wildman–Crippen MR) is 103 cm³/mol. The first-order valence-electron chi connectivity index (χ1n) is 8.97. The van der Waals surface area contributed by atoms with Gasteiger partial charge in [0.15, 0.2) is 9.84 Å². The number of sulfone groups is 1. The molecule has 0 saturated carbocycles. The molecular weight excluding hydrogens is 351 g/mol. The molecule has 0 spiro atoms. The summed E-state index contributed by atoms with van der Waals surface area (Å²) in [4.78, 5) is 2.54. The number of hydrogen-bond acceptors (Lipinski definition) is 4. The number of benzene rings is 2. The van der Waals surface area contributed by atoms with Crippen molar-refractivity contribution in [2.45, 2.75) is 30.7 Å². The minimum Gasteiger partial charge on any atom is -0.371 e. The van der Waals surface area contributed by atoms with Crippen molar-refractivity contribution in [3.8, 4) is 0 Å². The Hall–Kier alpha value is -1.92. The highest BCUT2D eigenvalue weighted by Crippen LogP contribution is 2.20. The van der Waals surface area contributed by atoms with Crippen LogP contribution in [0.2, 0.25) is 0 Å². The molecule has 1 saturated heterocycles. The van der Waals surface area contributed by atoms with Crippen molar-refractivity contribution < 1.29 is 12.8 Å². The first-order chi connectivity index (χ1) is 12.4. The van der Waals surface area contributed by atoms with E-state index in [1.807, 2.05) is 0 Å². The molecule has 0 amide bonds. The lowest BCUT2D eigenvalue weighted by Crippen LogP contribution is -2.43. The average molecular weight is 376 g/mol. The minimum atomic E-state index is -3.38. The molecule has 0 unspecified atom stereocenters. The molecule has 1 N–H and O–H groups in total. The van der Waals surface area contributed by atoms with Gasteiger partial charge in [-0.1, -0.05) is 17.7 Å². The van der Waals surface area contributed by atoms with Gasteiger partial charge in [0.2, 0.25) is 0 Å². The third-order valence-electron chi connectivity index (χ3n) is 4.87. The topological polar surface area (TPSA) is 49.4 Å². The van der Waals surface area contributed by atoms with Gasteiger partial charge >= 0.3 is 0 Å². The second-order valence-corrected chi connectivity index (χ2v) is 8.93. The molecule has 3 rings (SSSR count). The smallest absolute Gasteiger partial charge is 0.179 e. The first kappa shape index (κ1) is 18.9. The minimum absolute atomic E-state index is 0.0246. The number of aryl methyl sites for hydroxylation is 1. The van der Waals surface area contributed by atoms with Gasteiger partial charge in [-0.2, -0.15) is 0 Å². The number of anilines is 1. The fourth-order valence-electron chi connectivity index (χ4n) is 3.25. The quantitative estimate of drug-likeness (QED) is 0.787. The van der Waals surface area contributed by atoms with Crippen LogP contribution in [0.1, 0.15) is 18.4 Å². The highest BCUT2D eigenvalue weighted by atomic mass is 32.2. The largest absolute Gasteiger partial charge is 0.371 e. The van der Waals surface area contributed by atoms with E-state index < -0.39 is 15.7 Å². The van der Waals surface area contributed by atoms with Crippen molar-refractivity contribution in [3.63, 3.8) is 0 Å². The van der Waals surface area contributed by atoms with E-state index in [4.69, 9.17) is 0 Å². The Bertz CT molecular complexity index is 812. The van der Waals surface area contributed by atoms with Gasteiger partial charge < -0.3 is 10.2 Å². The standard InChI is InChI=1S/C20H25FN2O2S/c1-16-2-6-19(7-3-16)23-13-10-18(11-14-23)22-12-15-26(24,25)20-8-4-17(21)5-9-20/h2-9,18,22H,10-15H2,1H3. The summed E-state index contributed by atoms with van der Waals surface area (Å²) in [7, 11) is -3.38. The normalized spacial score (nSPS) is 16.0. The molecule has 0 atom stereocenters. The molecule has 0 bridgehead atoms. The van der Waals surface area contributed by atoms with E-state index in [2.05, 4.69) is 41.4 Å². The fraction of sp³-hybridized carbons (Fsp3) is 0.400. The van der Waals surface area contributed by atoms with E-state index in [0.717, 1.165) is 25.9 Å². The Morgan fingerprint density at radius 2 is 1.65 bits per heavy atom. The molecular formula is C20H25FN2O2S. The van der Waals surface area contributed by atoms with Gasteiger partial charge in [0, 0.05) is 31.4 Å². The Morgan fingerprint density at radius 1 is 1.04 bits per heavy atom. The van der Waals surface area contributed by atoms with Gasteiger partial charge in [0.1, 0.15) is 5.82 Å². The van der Waals surface area contributed by atoms with Crippen LogP contribution >= 0.6 is 0 Å². The van der Waals surface area contributed by atoms with Crippen molar-refractivity contribution in [2.75, 3.05) is 30.3 Å². The van der Waals surface area contributed by atoms with Crippen molar-refractivity contribution in [3.05, 3.63) is 59.9 Å². The number of hydrogen-bond donors (Lipinski definition) is 1. The van der Waals surface area contributed by atoms with E-state index in [1.54, 1.807) is 0 Å². The third-order valence-corrected chi connectivity index (χ3v) is 6.60. The summed E-state index contributed by atoms with van der Waals surface area (Å²) in [5.74, 6) is -0.404. The molecule has 4 nitrogen and oxygen atoms in total. The molecule has 26 heavy (non-hydrogen) atoms. The van der Waals surface area contributed by atoms with Gasteiger partial charge in [-0.15, -0.1) is 0 Å². The van der Waals surface area contributed by atoms with E-state index >= 15 is 0 Å². The highest BCUT2D eigenvalue weighted by Gasteiger charge is 2.20. The summed E-state index contributed by atoms with van der Waals surface area (Å²) in [6, 6.07) is 13.9. The van der Waals surface area contributed by atoms with Gasteiger partial charge in [0.25, 0.3) is 0 Å². The zero-order valence-electron chi connectivity index (χ0n) is 15.0. The van der Waals surface area contributed by atoms with Crippen LogP contribution in [0.4, 0.5) is 10.1 Å². The number of nitrogens with one attached hydrogen (secondary N) is 1. The second-order valence-electron chi connectivity index (χ2n) is 6.82. The molecule has 1 aliphatic rings. The first-order valence-corrected chi connectivity index (χ1v) is 10.6. The average Bonchev–Trinajstić information content (AvgIpc) is 2.63. The third kappa shape index (κ3) is 4.83. The van der Waals surface area contributed by atoms with Crippen molar-refractivity contribution >= 4 is 15.5 Å². The van der Waals surface area contributed by atoms with Crippen LogP contribution in [0.15, 0.2) is 53.4 Å². The number of nitrogens with zero attached hydrogens (tertiary/aromatic N) is 1. The maximum atomic E-state index is 12.9. The molecule has 1 aliphatic heterocycles. The Balaban J connectivity index is 1.45. The van der Waals surface area contributed by atoms with Crippen molar-refractivity contribution in [2.24, 2.45) is 0 Å². The lowest BCUT2D eigenvalue weighted by atomic mass is 10.0. The molecule has 2 aromatic carbocycles. The molecule has 0 aromatic heterocycles. The zero-order valence-corrected chi connectivity index (χ0v) is 15.8. The number of halogens is 1. The predicted octanol–water partition coefficient (Wildman–Crippen LogP) is 3.17. The molecule has 1 fully saturated rings. The van der Waals surface area contributed by atoms with Gasteiger partial charge in [-0.05, 0) is 56.2 Å². The summed E-state index contributed by atoms with van der Waals surface area (Å²) in [6.45, 7) is 4.42. The van der Waals surface area contributed by atoms with Crippen LogP contribution < -0.4 is 10.2 Å². The Morgan fingerprint density at radius 3 is 2.27 bits per heavy atom. The molecule has 0 radical (unpaired) electrons. The van der Waals surface area contributed by atoms with Crippen LogP contribution in [0.5, 0.6) is 0 Å². The van der Waals surface area contributed by atoms with Crippen LogP contribution in [-0.4, -0.2) is 39.8 Å². The van der Waals surface area contributed by atoms with Crippen LogP contribution in [0, 0.1) is 12.7 Å². The van der Waals surface area contributed by atoms with Gasteiger partial charge in [-0.25, -0.2) is 12.8 Å². The van der Waals surface area contributed by atoms with Gasteiger partial charge in [0.05, 0.1) is 10.6 Å². The molecule has 2 aromatic rings. The molecule has 140 valence electrons. The molecule has 1 heterocycles. The lowest BCUT2D eigenvalue weighted by molar-refractivity contribution is 0.423. The summed E-state index contributed by atoms with van der Waals surface area (Å²) in [5, 5.41) is 3.36. The van der Waals surface area contributed by atoms with E-state index in [0.29, 0.717) is 12.6 Å². The van der Waals surface area contributed by atoms with Gasteiger partial charge in [-0.3, -0.25) is 0 Å².